The van der Waals surface area contributed by atoms with Crippen LogP contribution in [-0.4, -0.2) is 49.7 Å². The Hall–Kier alpha value is -1.82. The molecular weight excluding hydrogens is 250 g/mol. The van der Waals surface area contributed by atoms with Crippen molar-refractivity contribution in [3.05, 3.63) is 23.7 Å². The summed E-state index contributed by atoms with van der Waals surface area (Å²) in [5.41, 5.74) is 0.524. The molecule has 0 saturated carbocycles. The molecule has 1 unspecified atom stereocenters. The standard InChI is InChI=1S/C13H17NO5/c1-9-5-10(8-19-9)13(16)14-3-4-18-11(7-14)6-12(15)17-2/h5,8,11H,3-4,6-7H2,1-2H3. The molecule has 1 saturated heterocycles. The van der Waals surface area contributed by atoms with Crippen LogP contribution >= 0.6 is 0 Å². The van der Waals surface area contributed by atoms with E-state index in [2.05, 4.69) is 4.74 Å². The van der Waals surface area contributed by atoms with E-state index >= 15 is 0 Å². The molecule has 0 radical (unpaired) electrons. The molecule has 1 fully saturated rings. The highest BCUT2D eigenvalue weighted by molar-refractivity contribution is 5.94. The van der Waals surface area contributed by atoms with E-state index in [4.69, 9.17) is 9.15 Å². The second kappa shape index (κ2) is 5.88. The summed E-state index contributed by atoms with van der Waals surface area (Å²) < 4.78 is 15.2. The minimum atomic E-state index is -0.335. The van der Waals surface area contributed by atoms with E-state index in [9.17, 15) is 9.59 Å². The Balaban J connectivity index is 1.97. The quantitative estimate of drug-likeness (QED) is 0.764. The number of ether oxygens (including phenoxy) is 2. The zero-order valence-electron chi connectivity index (χ0n) is 11.0. The van der Waals surface area contributed by atoms with Gasteiger partial charge in [-0.25, -0.2) is 0 Å². The van der Waals surface area contributed by atoms with E-state index in [1.165, 1.54) is 13.4 Å². The molecule has 1 aliphatic heterocycles. The number of aryl methyl sites for hydroxylation is 1. The fourth-order valence-electron chi connectivity index (χ4n) is 2.03. The highest BCUT2D eigenvalue weighted by atomic mass is 16.5. The minimum Gasteiger partial charge on any atom is -0.469 e. The van der Waals surface area contributed by atoms with Crippen LogP contribution in [0.1, 0.15) is 22.5 Å². The molecule has 1 amide bonds. The molecule has 1 aromatic rings. The predicted molar refractivity (Wildman–Crippen MR) is 65.7 cm³/mol. The zero-order valence-corrected chi connectivity index (χ0v) is 11.0. The number of carbonyl (C=O) groups is 2. The van der Waals surface area contributed by atoms with Crippen LogP contribution in [0, 0.1) is 6.92 Å². The number of nitrogens with zero attached hydrogens (tertiary/aromatic N) is 1. The van der Waals surface area contributed by atoms with E-state index < -0.39 is 0 Å². The lowest BCUT2D eigenvalue weighted by Gasteiger charge is -2.32. The number of methoxy groups -OCH3 is 1. The smallest absolute Gasteiger partial charge is 0.308 e. The zero-order chi connectivity index (χ0) is 13.8. The first-order valence-electron chi connectivity index (χ1n) is 6.13. The molecule has 2 rings (SSSR count). The molecule has 0 bridgehead atoms. The van der Waals surface area contributed by atoms with Gasteiger partial charge in [-0.1, -0.05) is 0 Å². The summed E-state index contributed by atoms with van der Waals surface area (Å²) in [4.78, 5) is 25.1. The van der Waals surface area contributed by atoms with Crippen molar-refractivity contribution >= 4 is 11.9 Å². The number of carbonyl (C=O) groups excluding carboxylic acids is 2. The molecule has 1 atom stereocenters. The Morgan fingerprint density at radius 1 is 1.53 bits per heavy atom. The second-order valence-electron chi connectivity index (χ2n) is 4.47. The third-order valence-corrected chi connectivity index (χ3v) is 3.03. The molecule has 1 aliphatic rings. The lowest BCUT2D eigenvalue weighted by Crippen LogP contribution is -2.46. The highest BCUT2D eigenvalue weighted by Gasteiger charge is 2.27. The summed E-state index contributed by atoms with van der Waals surface area (Å²) in [5.74, 6) is 0.260. The van der Waals surface area contributed by atoms with Crippen LogP contribution in [0.25, 0.3) is 0 Å². The molecular formula is C13H17NO5. The van der Waals surface area contributed by atoms with E-state index in [-0.39, 0.29) is 24.4 Å². The molecule has 2 heterocycles. The van der Waals surface area contributed by atoms with Gasteiger partial charge in [-0.15, -0.1) is 0 Å². The maximum atomic E-state index is 12.2. The first-order valence-corrected chi connectivity index (χ1v) is 6.13. The SMILES string of the molecule is COC(=O)CC1CN(C(=O)c2coc(C)c2)CCO1. The van der Waals surface area contributed by atoms with Crippen LogP contribution in [0.15, 0.2) is 16.7 Å². The Labute approximate surface area is 111 Å². The number of esters is 1. The molecule has 0 N–H and O–H groups in total. The number of hydrogen-bond donors (Lipinski definition) is 0. The van der Waals surface area contributed by atoms with Gasteiger partial charge < -0.3 is 18.8 Å². The lowest BCUT2D eigenvalue weighted by atomic mass is 10.2. The van der Waals surface area contributed by atoms with Crippen molar-refractivity contribution in [3.8, 4) is 0 Å². The van der Waals surface area contributed by atoms with Gasteiger partial charge in [0, 0.05) is 13.1 Å². The van der Waals surface area contributed by atoms with Gasteiger partial charge >= 0.3 is 5.97 Å². The number of hydrogen-bond acceptors (Lipinski definition) is 5. The van der Waals surface area contributed by atoms with Crippen LogP contribution < -0.4 is 0 Å². The van der Waals surface area contributed by atoms with Crippen LogP contribution in [0.4, 0.5) is 0 Å². The largest absolute Gasteiger partial charge is 0.469 e. The Morgan fingerprint density at radius 2 is 2.32 bits per heavy atom. The van der Waals surface area contributed by atoms with E-state index in [0.717, 1.165) is 0 Å². The van der Waals surface area contributed by atoms with Gasteiger partial charge in [0.25, 0.3) is 5.91 Å². The van der Waals surface area contributed by atoms with Crippen molar-refractivity contribution in [2.75, 3.05) is 26.8 Å². The van der Waals surface area contributed by atoms with Crippen molar-refractivity contribution in [2.24, 2.45) is 0 Å². The van der Waals surface area contributed by atoms with Gasteiger partial charge in [0.2, 0.25) is 0 Å². The van der Waals surface area contributed by atoms with E-state index in [1.54, 1.807) is 17.9 Å². The van der Waals surface area contributed by atoms with E-state index in [0.29, 0.717) is 31.0 Å². The summed E-state index contributed by atoms with van der Waals surface area (Å²) >= 11 is 0. The van der Waals surface area contributed by atoms with Crippen LogP contribution in [0.5, 0.6) is 0 Å². The number of morpholine rings is 1. The Kier molecular flexibility index (Phi) is 4.21. The van der Waals surface area contributed by atoms with E-state index in [1.807, 2.05) is 0 Å². The van der Waals surface area contributed by atoms with Gasteiger partial charge in [0.1, 0.15) is 12.0 Å². The minimum absolute atomic E-state index is 0.102. The molecule has 6 nitrogen and oxygen atoms in total. The molecule has 19 heavy (non-hydrogen) atoms. The van der Waals surface area contributed by atoms with Crippen molar-refractivity contribution in [2.45, 2.75) is 19.4 Å². The second-order valence-corrected chi connectivity index (χ2v) is 4.47. The van der Waals surface area contributed by atoms with Crippen LogP contribution in [0.2, 0.25) is 0 Å². The van der Waals surface area contributed by atoms with Crippen molar-refractivity contribution in [3.63, 3.8) is 0 Å². The third-order valence-electron chi connectivity index (χ3n) is 3.03. The Morgan fingerprint density at radius 3 is 2.95 bits per heavy atom. The summed E-state index contributed by atoms with van der Waals surface area (Å²) in [6.07, 6.45) is 1.30. The third kappa shape index (κ3) is 3.35. The maximum Gasteiger partial charge on any atom is 0.308 e. The molecule has 6 heteroatoms. The van der Waals surface area contributed by atoms with Crippen molar-refractivity contribution in [1.82, 2.24) is 4.90 Å². The van der Waals surface area contributed by atoms with Gasteiger partial charge in [0.15, 0.2) is 0 Å². The first-order chi connectivity index (χ1) is 9.10. The van der Waals surface area contributed by atoms with Gasteiger partial charge in [-0.2, -0.15) is 0 Å². The Bertz CT molecular complexity index is 467. The summed E-state index contributed by atoms with van der Waals surface area (Å²) in [7, 11) is 1.34. The van der Waals surface area contributed by atoms with Crippen molar-refractivity contribution < 1.29 is 23.5 Å². The number of rotatable bonds is 3. The average Bonchev–Trinajstić information content (AvgIpc) is 2.84. The molecule has 104 valence electrons. The van der Waals surface area contributed by atoms with Gasteiger partial charge in [-0.3, -0.25) is 9.59 Å². The summed E-state index contributed by atoms with van der Waals surface area (Å²) in [6, 6.07) is 1.70. The van der Waals surface area contributed by atoms with Gasteiger partial charge in [-0.05, 0) is 13.0 Å². The number of amides is 1. The lowest BCUT2D eigenvalue weighted by molar-refractivity contribution is -0.145. The topological polar surface area (TPSA) is 69.0 Å². The van der Waals surface area contributed by atoms with Crippen LogP contribution in [-0.2, 0) is 14.3 Å². The number of furan rings is 1. The molecule has 0 aromatic carbocycles. The fourth-order valence-corrected chi connectivity index (χ4v) is 2.03. The predicted octanol–water partition coefficient (Wildman–Crippen LogP) is 0.992. The monoisotopic (exact) mass is 267 g/mol. The molecule has 0 spiro atoms. The van der Waals surface area contributed by atoms with Crippen LogP contribution in [0.3, 0.4) is 0 Å². The summed E-state index contributed by atoms with van der Waals surface area (Å²) in [6.45, 7) is 3.11. The molecule has 0 aliphatic carbocycles. The first kappa shape index (κ1) is 13.6. The summed E-state index contributed by atoms with van der Waals surface area (Å²) in [5, 5.41) is 0. The van der Waals surface area contributed by atoms with Crippen molar-refractivity contribution in [1.29, 1.82) is 0 Å². The molecule has 1 aromatic heterocycles. The normalized spacial score (nSPS) is 19.3. The van der Waals surface area contributed by atoms with Gasteiger partial charge in [0.05, 0.1) is 31.8 Å². The fraction of sp³-hybridized carbons (Fsp3) is 0.538. The average molecular weight is 267 g/mol. The highest BCUT2D eigenvalue weighted by Crippen LogP contribution is 2.15. The maximum absolute atomic E-state index is 12.2.